The number of amides is 2. The first kappa shape index (κ1) is 19.3. The lowest BCUT2D eigenvalue weighted by Gasteiger charge is -2.16. The fourth-order valence-electron chi connectivity index (χ4n) is 2.69. The van der Waals surface area contributed by atoms with E-state index in [0.717, 1.165) is 6.26 Å². The zero-order valence-corrected chi connectivity index (χ0v) is 14.6. The summed E-state index contributed by atoms with van der Waals surface area (Å²) in [5.74, 6) is -1.12. The second-order valence-electron chi connectivity index (χ2n) is 5.99. The maximum Gasteiger partial charge on any atom is 0.270 e. The second kappa shape index (κ2) is 8.37. The molecule has 2 rings (SSSR count). The van der Waals surface area contributed by atoms with Crippen LogP contribution in [0.2, 0.25) is 0 Å². The van der Waals surface area contributed by atoms with Crippen molar-refractivity contribution in [3.63, 3.8) is 0 Å². The first-order valence-corrected chi connectivity index (χ1v) is 9.77. The monoisotopic (exact) mass is 370 g/mol. The summed E-state index contributed by atoms with van der Waals surface area (Å²) in [5, 5.41) is 15.4. The zero-order chi connectivity index (χ0) is 18.4. The van der Waals surface area contributed by atoms with E-state index < -0.39 is 34.0 Å². The van der Waals surface area contributed by atoms with Crippen LogP contribution in [0.15, 0.2) is 24.4 Å². The van der Waals surface area contributed by atoms with E-state index in [9.17, 15) is 23.1 Å². The summed E-state index contributed by atoms with van der Waals surface area (Å²) >= 11 is 0. The average Bonchev–Trinajstić information content (AvgIpc) is 2.92. The van der Waals surface area contributed by atoms with E-state index in [1.54, 1.807) is 18.2 Å². The zero-order valence-electron chi connectivity index (χ0n) is 13.8. The Morgan fingerprint density at radius 1 is 1.28 bits per heavy atom. The first-order chi connectivity index (χ1) is 11.8. The Balaban J connectivity index is 1.80. The third kappa shape index (κ3) is 6.07. The van der Waals surface area contributed by atoms with Crippen LogP contribution in [0.5, 0.6) is 0 Å². The molecule has 3 atom stereocenters. The van der Waals surface area contributed by atoms with Crippen molar-refractivity contribution in [3.8, 4) is 0 Å². The topological polar surface area (TPSA) is 137 Å². The molecule has 10 heteroatoms. The third-order valence-corrected chi connectivity index (χ3v) is 4.63. The van der Waals surface area contributed by atoms with Crippen LogP contribution in [0.1, 0.15) is 23.3 Å². The van der Waals surface area contributed by atoms with E-state index in [1.807, 2.05) is 0 Å². The number of nitrogens with zero attached hydrogens (tertiary/aromatic N) is 1. The minimum Gasteiger partial charge on any atom is -0.391 e. The Morgan fingerprint density at radius 3 is 2.68 bits per heavy atom. The number of nitrogens with one attached hydrogen (secondary N) is 3. The summed E-state index contributed by atoms with van der Waals surface area (Å²) in [6.45, 7) is 0.253. The molecular weight excluding hydrogens is 348 g/mol. The summed E-state index contributed by atoms with van der Waals surface area (Å²) < 4.78 is 24.1. The predicted octanol–water partition coefficient (Wildman–Crippen LogP) is -1.38. The number of sulfonamides is 1. The highest BCUT2D eigenvalue weighted by Gasteiger charge is 2.37. The minimum absolute atomic E-state index is 0.0969. The highest BCUT2D eigenvalue weighted by molar-refractivity contribution is 7.88. The van der Waals surface area contributed by atoms with Crippen LogP contribution in [-0.4, -0.2) is 61.8 Å². The Hall–Kier alpha value is -2.04. The quantitative estimate of drug-likeness (QED) is 0.436. The van der Waals surface area contributed by atoms with Crippen LogP contribution in [0.25, 0.3) is 0 Å². The normalized spacial score (nSPS) is 23.2. The standard InChI is InChI=1S/C15H22N4O5S/c1-25(23,24)18-7-6-17-14(21)10-8-12(13(20)9-10)19-15(22)11-4-2-3-5-16-11/h2-5,10,12-13,18,20H,6-9H2,1H3,(H,17,21)(H,19,22)/t10-,12-,13-/m0/s1. The summed E-state index contributed by atoms with van der Waals surface area (Å²) in [6.07, 6.45) is 2.26. The number of carbonyl (C=O) groups excluding carboxylic acids is 2. The molecule has 25 heavy (non-hydrogen) atoms. The Labute approximate surface area is 146 Å². The molecule has 1 fully saturated rings. The Morgan fingerprint density at radius 2 is 2.04 bits per heavy atom. The highest BCUT2D eigenvalue weighted by atomic mass is 32.2. The van der Waals surface area contributed by atoms with Crippen LogP contribution in [0.4, 0.5) is 0 Å². The molecule has 1 heterocycles. The van der Waals surface area contributed by atoms with Gasteiger partial charge in [0.1, 0.15) is 5.69 Å². The maximum atomic E-state index is 12.1. The number of aromatic nitrogens is 1. The Kier molecular flexibility index (Phi) is 6.45. The molecule has 1 aliphatic carbocycles. The first-order valence-electron chi connectivity index (χ1n) is 7.88. The number of aliphatic hydroxyl groups is 1. The van der Waals surface area contributed by atoms with Crippen LogP contribution in [0, 0.1) is 5.92 Å². The molecule has 0 saturated heterocycles. The van der Waals surface area contributed by atoms with Crippen LogP contribution in [-0.2, 0) is 14.8 Å². The molecule has 1 aromatic rings. The third-order valence-electron chi connectivity index (χ3n) is 3.90. The van der Waals surface area contributed by atoms with Gasteiger partial charge in [-0.1, -0.05) is 6.07 Å². The molecule has 1 aliphatic rings. The smallest absolute Gasteiger partial charge is 0.270 e. The second-order valence-corrected chi connectivity index (χ2v) is 7.82. The van der Waals surface area contributed by atoms with Gasteiger partial charge in [0.2, 0.25) is 15.9 Å². The van der Waals surface area contributed by atoms with Crippen molar-refractivity contribution in [2.75, 3.05) is 19.3 Å². The summed E-state index contributed by atoms with van der Waals surface area (Å²) in [5.41, 5.74) is 0.245. The fraction of sp³-hybridized carbons (Fsp3) is 0.533. The average molecular weight is 370 g/mol. The van der Waals surface area contributed by atoms with Gasteiger partial charge in [-0.05, 0) is 25.0 Å². The number of hydrogen-bond donors (Lipinski definition) is 4. The highest BCUT2D eigenvalue weighted by Crippen LogP contribution is 2.26. The van der Waals surface area contributed by atoms with Crippen molar-refractivity contribution < 1.29 is 23.1 Å². The van der Waals surface area contributed by atoms with Crippen molar-refractivity contribution in [1.29, 1.82) is 0 Å². The van der Waals surface area contributed by atoms with Crippen LogP contribution >= 0.6 is 0 Å². The molecule has 9 nitrogen and oxygen atoms in total. The molecule has 0 unspecified atom stereocenters. The Bertz CT molecular complexity index is 710. The van der Waals surface area contributed by atoms with E-state index in [2.05, 4.69) is 20.3 Å². The van der Waals surface area contributed by atoms with Crippen LogP contribution < -0.4 is 15.4 Å². The number of carbonyl (C=O) groups is 2. The number of aliphatic hydroxyl groups excluding tert-OH is 1. The molecule has 0 aliphatic heterocycles. The minimum atomic E-state index is -3.29. The molecule has 138 valence electrons. The lowest BCUT2D eigenvalue weighted by molar-refractivity contribution is -0.125. The van der Waals surface area contributed by atoms with E-state index in [1.165, 1.54) is 6.20 Å². The van der Waals surface area contributed by atoms with Gasteiger partial charge in [0.25, 0.3) is 5.91 Å². The summed E-state index contributed by atoms with van der Waals surface area (Å²) in [7, 11) is -3.29. The SMILES string of the molecule is CS(=O)(=O)NCCNC(=O)[C@H]1C[C@H](NC(=O)c2ccccn2)[C@@H](O)C1. The number of hydrogen-bond acceptors (Lipinski definition) is 6. The molecule has 4 N–H and O–H groups in total. The van der Waals surface area contributed by atoms with E-state index in [-0.39, 0.29) is 31.1 Å². The molecule has 0 bridgehead atoms. The largest absolute Gasteiger partial charge is 0.391 e. The van der Waals surface area contributed by atoms with Crippen molar-refractivity contribution in [2.45, 2.75) is 25.0 Å². The van der Waals surface area contributed by atoms with E-state index >= 15 is 0 Å². The molecule has 1 saturated carbocycles. The molecule has 1 aromatic heterocycles. The number of rotatable bonds is 7. The van der Waals surface area contributed by atoms with Crippen molar-refractivity contribution in [2.24, 2.45) is 5.92 Å². The molecule has 0 spiro atoms. The summed E-state index contributed by atoms with van der Waals surface area (Å²) in [6, 6.07) is 4.42. The van der Waals surface area contributed by atoms with Gasteiger partial charge in [-0.3, -0.25) is 14.6 Å². The lowest BCUT2D eigenvalue weighted by Crippen LogP contribution is -2.40. The van der Waals surface area contributed by atoms with E-state index in [4.69, 9.17) is 0 Å². The van der Waals surface area contributed by atoms with Gasteiger partial charge >= 0.3 is 0 Å². The van der Waals surface area contributed by atoms with Crippen molar-refractivity contribution in [1.82, 2.24) is 20.3 Å². The van der Waals surface area contributed by atoms with Gasteiger partial charge in [0, 0.05) is 25.2 Å². The molecule has 2 amide bonds. The molecule has 0 aromatic carbocycles. The van der Waals surface area contributed by atoms with E-state index in [0.29, 0.717) is 6.42 Å². The summed E-state index contributed by atoms with van der Waals surface area (Å²) in [4.78, 5) is 28.1. The van der Waals surface area contributed by atoms with Crippen LogP contribution in [0.3, 0.4) is 0 Å². The van der Waals surface area contributed by atoms with Gasteiger partial charge in [0.05, 0.1) is 18.4 Å². The van der Waals surface area contributed by atoms with Gasteiger partial charge < -0.3 is 15.7 Å². The molecular formula is C15H22N4O5S. The molecule has 0 radical (unpaired) electrons. The van der Waals surface area contributed by atoms with Gasteiger partial charge in [-0.2, -0.15) is 0 Å². The van der Waals surface area contributed by atoms with Crippen molar-refractivity contribution in [3.05, 3.63) is 30.1 Å². The lowest BCUT2D eigenvalue weighted by atomic mass is 10.1. The number of pyridine rings is 1. The van der Waals surface area contributed by atoms with Crippen molar-refractivity contribution >= 4 is 21.8 Å². The van der Waals surface area contributed by atoms with Gasteiger partial charge in [-0.25, -0.2) is 13.1 Å². The van der Waals surface area contributed by atoms with Gasteiger partial charge in [0.15, 0.2) is 0 Å². The fourth-order valence-corrected chi connectivity index (χ4v) is 3.16. The van der Waals surface area contributed by atoms with Gasteiger partial charge in [-0.15, -0.1) is 0 Å². The maximum absolute atomic E-state index is 12.1. The predicted molar refractivity (Wildman–Crippen MR) is 90.1 cm³/mol.